The minimum absolute atomic E-state index is 0.155. The summed E-state index contributed by atoms with van der Waals surface area (Å²) in [4.78, 5) is 1.14. The van der Waals surface area contributed by atoms with Gasteiger partial charge in [0.2, 0.25) is 10.0 Å². The summed E-state index contributed by atoms with van der Waals surface area (Å²) < 4.78 is 33.3. The van der Waals surface area contributed by atoms with Crippen LogP contribution in [0.15, 0.2) is 35.2 Å². The van der Waals surface area contributed by atoms with Gasteiger partial charge in [-0.15, -0.1) is 11.3 Å². The summed E-state index contributed by atoms with van der Waals surface area (Å²) in [6, 6.07) is 8.68. The zero-order chi connectivity index (χ0) is 16.3. The van der Waals surface area contributed by atoms with Crippen molar-refractivity contribution in [2.75, 3.05) is 13.7 Å². The van der Waals surface area contributed by atoms with Crippen LogP contribution in [0.25, 0.3) is 0 Å². The largest absolute Gasteiger partial charge is 0.375 e. The second kappa shape index (κ2) is 7.10. The van der Waals surface area contributed by atoms with Gasteiger partial charge in [-0.1, -0.05) is 17.7 Å². The molecule has 1 unspecified atom stereocenters. The van der Waals surface area contributed by atoms with Gasteiger partial charge in [-0.05, 0) is 49.2 Å². The van der Waals surface area contributed by atoms with Crippen molar-refractivity contribution in [3.63, 3.8) is 0 Å². The lowest BCUT2D eigenvalue weighted by molar-refractivity contribution is 0.110. The van der Waals surface area contributed by atoms with Crippen LogP contribution >= 0.6 is 22.9 Å². The molecule has 0 bridgehead atoms. The van der Waals surface area contributed by atoms with Gasteiger partial charge in [0.25, 0.3) is 0 Å². The first-order chi connectivity index (χ1) is 10.3. The summed E-state index contributed by atoms with van der Waals surface area (Å²) in [5.41, 5.74) is 2.00. The molecule has 4 nitrogen and oxygen atoms in total. The average Bonchev–Trinajstić information content (AvgIpc) is 2.89. The van der Waals surface area contributed by atoms with Crippen LogP contribution in [0.3, 0.4) is 0 Å². The van der Waals surface area contributed by atoms with Crippen molar-refractivity contribution in [3.8, 4) is 0 Å². The van der Waals surface area contributed by atoms with Gasteiger partial charge >= 0.3 is 0 Å². The molecule has 1 heterocycles. The highest BCUT2D eigenvalue weighted by atomic mass is 35.5. The van der Waals surface area contributed by atoms with Crippen molar-refractivity contribution in [2.24, 2.45) is 0 Å². The first-order valence-electron chi connectivity index (χ1n) is 6.68. The van der Waals surface area contributed by atoms with Crippen molar-refractivity contribution >= 4 is 33.0 Å². The quantitative estimate of drug-likeness (QED) is 0.855. The van der Waals surface area contributed by atoms with Crippen LogP contribution in [0.4, 0.5) is 0 Å². The molecule has 120 valence electrons. The maximum atomic E-state index is 12.4. The molecular formula is C15H18ClNO3S2. The van der Waals surface area contributed by atoms with Crippen LogP contribution < -0.4 is 4.72 Å². The Morgan fingerprint density at radius 1 is 1.23 bits per heavy atom. The Balaban J connectivity index is 2.12. The number of methoxy groups -OCH3 is 1. The lowest BCUT2D eigenvalue weighted by Crippen LogP contribution is -2.29. The van der Waals surface area contributed by atoms with Crippen LogP contribution in [0.1, 0.15) is 22.1 Å². The summed E-state index contributed by atoms with van der Waals surface area (Å²) in [6.07, 6.45) is -0.362. The maximum absolute atomic E-state index is 12.4. The first-order valence-corrected chi connectivity index (χ1v) is 9.36. The Kier molecular flexibility index (Phi) is 5.63. The zero-order valence-corrected chi connectivity index (χ0v) is 15.0. The molecule has 0 aliphatic carbocycles. The molecule has 7 heteroatoms. The fourth-order valence-corrected chi connectivity index (χ4v) is 4.21. The van der Waals surface area contributed by atoms with E-state index in [1.807, 2.05) is 19.9 Å². The molecule has 0 amide bonds. The summed E-state index contributed by atoms with van der Waals surface area (Å²) in [7, 11) is -2.02. The van der Waals surface area contributed by atoms with Crippen molar-refractivity contribution in [1.82, 2.24) is 4.72 Å². The van der Waals surface area contributed by atoms with E-state index in [0.717, 1.165) is 16.0 Å². The molecule has 0 aliphatic heterocycles. The lowest BCUT2D eigenvalue weighted by atomic mass is 10.1. The Labute approximate surface area is 140 Å². The number of ether oxygens (including phenoxy) is 1. The van der Waals surface area contributed by atoms with Gasteiger partial charge in [-0.25, -0.2) is 13.1 Å². The van der Waals surface area contributed by atoms with E-state index in [4.69, 9.17) is 16.3 Å². The summed E-state index contributed by atoms with van der Waals surface area (Å²) >= 11 is 7.28. The molecule has 1 aromatic heterocycles. The third kappa shape index (κ3) is 4.08. The van der Waals surface area contributed by atoms with Gasteiger partial charge in [-0.3, -0.25) is 0 Å². The minimum atomic E-state index is -3.56. The van der Waals surface area contributed by atoms with E-state index in [9.17, 15) is 8.42 Å². The summed E-state index contributed by atoms with van der Waals surface area (Å²) in [5, 5.41) is 0. The lowest BCUT2D eigenvalue weighted by Gasteiger charge is -2.15. The van der Waals surface area contributed by atoms with Crippen LogP contribution in [0.5, 0.6) is 0 Å². The number of nitrogens with one attached hydrogen (secondary N) is 1. The Morgan fingerprint density at radius 2 is 1.95 bits per heavy atom. The molecule has 0 radical (unpaired) electrons. The number of hydrogen-bond acceptors (Lipinski definition) is 4. The summed E-state index contributed by atoms with van der Waals surface area (Å²) in [6.45, 7) is 3.99. The molecule has 0 saturated heterocycles. The van der Waals surface area contributed by atoms with Crippen molar-refractivity contribution in [3.05, 3.63) is 50.7 Å². The highest BCUT2D eigenvalue weighted by molar-refractivity contribution is 7.89. The third-order valence-corrected chi connectivity index (χ3v) is 6.19. The van der Waals surface area contributed by atoms with Gasteiger partial charge in [0, 0.05) is 18.5 Å². The molecule has 2 rings (SSSR count). The van der Waals surface area contributed by atoms with Crippen LogP contribution in [0.2, 0.25) is 4.34 Å². The van der Waals surface area contributed by atoms with E-state index >= 15 is 0 Å². The molecule has 0 saturated carbocycles. The maximum Gasteiger partial charge on any atom is 0.240 e. The van der Waals surface area contributed by atoms with Crippen LogP contribution in [-0.4, -0.2) is 22.1 Å². The van der Waals surface area contributed by atoms with E-state index in [1.165, 1.54) is 11.3 Å². The van der Waals surface area contributed by atoms with Gasteiger partial charge in [0.1, 0.15) is 6.10 Å². The smallest absolute Gasteiger partial charge is 0.240 e. The second-order valence-electron chi connectivity index (χ2n) is 4.96. The van der Waals surface area contributed by atoms with Crippen molar-refractivity contribution in [2.45, 2.75) is 24.8 Å². The number of sulfonamides is 1. The highest BCUT2D eigenvalue weighted by Gasteiger charge is 2.19. The molecule has 1 aromatic carbocycles. The first kappa shape index (κ1) is 17.4. The minimum Gasteiger partial charge on any atom is -0.375 e. The van der Waals surface area contributed by atoms with E-state index in [2.05, 4.69) is 4.72 Å². The highest BCUT2D eigenvalue weighted by Crippen LogP contribution is 2.28. The van der Waals surface area contributed by atoms with Gasteiger partial charge < -0.3 is 4.74 Å². The van der Waals surface area contributed by atoms with E-state index in [1.54, 1.807) is 31.4 Å². The predicted molar refractivity (Wildman–Crippen MR) is 90.2 cm³/mol. The summed E-state index contributed by atoms with van der Waals surface area (Å²) in [5.74, 6) is 0. The average molecular weight is 360 g/mol. The number of hydrogen-bond donors (Lipinski definition) is 1. The fourth-order valence-electron chi connectivity index (χ4n) is 1.95. The predicted octanol–water partition coefficient (Wildman–Crippen LogP) is 3.68. The SMILES string of the molecule is COC(CNS(=O)(=O)c1ccc(C)c(C)c1)c1ccc(Cl)s1. The van der Waals surface area contributed by atoms with Crippen molar-refractivity contribution < 1.29 is 13.2 Å². The Morgan fingerprint density at radius 3 is 2.50 bits per heavy atom. The molecule has 1 N–H and O–H groups in total. The number of rotatable bonds is 6. The zero-order valence-electron chi connectivity index (χ0n) is 12.6. The van der Waals surface area contributed by atoms with Crippen molar-refractivity contribution in [1.29, 1.82) is 0 Å². The van der Waals surface area contributed by atoms with Gasteiger partial charge in [0.15, 0.2) is 0 Å². The van der Waals surface area contributed by atoms with Crippen LogP contribution in [-0.2, 0) is 14.8 Å². The Bertz CT molecular complexity index is 756. The Hall–Kier alpha value is -0.920. The van der Waals surface area contributed by atoms with Crippen LogP contribution in [0, 0.1) is 13.8 Å². The molecule has 0 fully saturated rings. The number of halogens is 1. The second-order valence-corrected chi connectivity index (χ2v) is 8.48. The van der Waals surface area contributed by atoms with E-state index < -0.39 is 10.0 Å². The van der Waals surface area contributed by atoms with E-state index in [0.29, 0.717) is 4.34 Å². The number of benzene rings is 1. The number of thiophene rings is 1. The van der Waals surface area contributed by atoms with E-state index in [-0.39, 0.29) is 17.5 Å². The topological polar surface area (TPSA) is 55.4 Å². The molecular weight excluding hydrogens is 342 g/mol. The fraction of sp³-hybridized carbons (Fsp3) is 0.333. The molecule has 2 aromatic rings. The molecule has 22 heavy (non-hydrogen) atoms. The molecule has 1 atom stereocenters. The monoisotopic (exact) mass is 359 g/mol. The normalized spacial score (nSPS) is 13.3. The van der Waals surface area contributed by atoms with Gasteiger partial charge in [0.05, 0.1) is 9.23 Å². The van der Waals surface area contributed by atoms with Gasteiger partial charge in [-0.2, -0.15) is 0 Å². The molecule has 0 spiro atoms. The standard InChI is InChI=1S/C15H18ClNO3S2/c1-10-4-5-12(8-11(10)2)22(18,19)17-9-13(20-3)14-6-7-15(16)21-14/h4-8,13,17H,9H2,1-3H3. The third-order valence-electron chi connectivity index (χ3n) is 3.44. The molecule has 0 aliphatic rings. The number of aryl methyl sites for hydroxylation is 2.